The molecule has 0 aromatic heterocycles. The highest BCUT2D eigenvalue weighted by Gasteiger charge is 2.20. The molecule has 0 saturated heterocycles. The van der Waals surface area contributed by atoms with Gasteiger partial charge in [-0.1, -0.05) is 13.5 Å². The van der Waals surface area contributed by atoms with Crippen molar-refractivity contribution < 1.29 is 45.0 Å². The molecule has 0 aromatic carbocycles. The number of rotatable bonds is 7. The molecule has 6 N–H and O–H groups in total. The van der Waals surface area contributed by atoms with Crippen LogP contribution in [0.1, 0.15) is 19.8 Å². The van der Waals surface area contributed by atoms with E-state index < -0.39 is 23.3 Å². The Morgan fingerprint density at radius 3 is 1.19 bits per heavy atom. The van der Waals surface area contributed by atoms with Gasteiger partial charge in [0.05, 0.1) is 32.7 Å². The number of aliphatic hydroxyl groups is 3. The molecule has 0 aromatic rings. The minimum Gasteiger partial charge on any atom is -0.481 e. The van der Waals surface area contributed by atoms with Crippen LogP contribution in [-0.4, -0.2) is 68.4 Å². The van der Waals surface area contributed by atoms with E-state index in [9.17, 15) is 14.4 Å². The van der Waals surface area contributed by atoms with Gasteiger partial charge in [0.25, 0.3) is 0 Å². The zero-order valence-corrected chi connectivity index (χ0v) is 11.7. The van der Waals surface area contributed by atoms with Crippen molar-refractivity contribution in [1.29, 1.82) is 0 Å². The van der Waals surface area contributed by atoms with Crippen molar-refractivity contribution in [3.05, 3.63) is 12.7 Å². The van der Waals surface area contributed by atoms with Gasteiger partial charge in [0, 0.05) is 11.5 Å². The quantitative estimate of drug-likeness (QED) is 0.328. The topological polar surface area (TPSA) is 173 Å². The van der Waals surface area contributed by atoms with E-state index >= 15 is 0 Å². The van der Waals surface area contributed by atoms with Crippen LogP contribution in [0.15, 0.2) is 12.7 Å². The fraction of sp³-hybridized carbons (Fsp3) is 0.583. The maximum Gasteiger partial charge on any atom is 0.327 e. The van der Waals surface area contributed by atoms with Crippen LogP contribution < -0.4 is 0 Å². The summed E-state index contributed by atoms with van der Waals surface area (Å²) >= 11 is 0. The monoisotopic (exact) mass is 310 g/mol. The second-order valence-electron chi connectivity index (χ2n) is 4.11. The molecule has 124 valence electrons. The lowest BCUT2D eigenvalue weighted by atomic mass is 9.95. The van der Waals surface area contributed by atoms with E-state index in [1.54, 1.807) is 6.92 Å². The molecule has 0 rings (SSSR count). The lowest BCUT2D eigenvalue weighted by Gasteiger charge is -2.20. The van der Waals surface area contributed by atoms with Crippen molar-refractivity contribution in [2.24, 2.45) is 5.41 Å². The van der Waals surface area contributed by atoms with Crippen molar-refractivity contribution in [2.45, 2.75) is 19.8 Å². The largest absolute Gasteiger partial charge is 0.481 e. The van der Waals surface area contributed by atoms with Gasteiger partial charge >= 0.3 is 17.9 Å². The van der Waals surface area contributed by atoms with E-state index in [1.807, 2.05) is 0 Å². The molecule has 0 amide bonds. The molecular weight excluding hydrogens is 288 g/mol. The van der Waals surface area contributed by atoms with Gasteiger partial charge in [-0.25, -0.2) is 4.79 Å². The normalized spacial score (nSPS) is 9.33. The maximum atomic E-state index is 9.64. The Morgan fingerprint density at radius 1 is 0.905 bits per heavy atom. The molecule has 0 aliphatic carbocycles. The molecule has 0 spiro atoms. The zero-order valence-electron chi connectivity index (χ0n) is 11.7. The van der Waals surface area contributed by atoms with Gasteiger partial charge in [0.1, 0.15) is 0 Å². The summed E-state index contributed by atoms with van der Waals surface area (Å²) in [5.41, 5.74) is -0.708. The van der Waals surface area contributed by atoms with Gasteiger partial charge in [-0.2, -0.15) is 0 Å². The van der Waals surface area contributed by atoms with Crippen molar-refractivity contribution in [3.63, 3.8) is 0 Å². The highest BCUT2D eigenvalue weighted by atomic mass is 16.4. The van der Waals surface area contributed by atoms with Gasteiger partial charge in [0.2, 0.25) is 0 Å². The average Bonchev–Trinajstić information content (AvgIpc) is 2.45. The molecule has 9 nitrogen and oxygen atoms in total. The van der Waals surface area contributed by atoms with E-state index in [-0.39, 0.29) is 32.7 Å². The number of hydrogen-bond donors (Lipinski definition) is 6. The van der Waals surface area contributed by atoms with Gasteiger partial charge < -0.3 is 30.6 Å². The summed E-state index contributed by atoms with van der Waals surface area (Å²) in [5.74, 6) is -3.13. The van der Waals surface area contributed by atoms with E-state index in [1.165, 1.54) is 0 Å². The van der Waals surface area contributed by atoms with Crippen LogP contribution in [0.3, 0.4) is 0 Å². The summed E-state index contributed by atoms with van der Waals surface area (Å²) < 4.78 is 0. The summed E-state index contributed by atoms with van der Waals surface area (Å²) in [5, 5.41) is 48.8. The van der Waals surface area contributed by atoms with Crippen molar-refractivity contribution >= 4 is 17.9 Å². The number of carbonyl (C=O) groups is 3. The molecule has 0 bridgehead atoms. The van der Waals surface area contributed by atoms with E-state index in [2.05, 4.69) is 6.58 Å². The third-order valence-electron chi connectivity index (χ3n) is 1.87. The zero-order chi connectivity index (χ0) is 17.5. The van der Waals surface area contributed by atoms with Gasteiger partial charge in [0.15, 0.2) is 0 Å². The molecular formula is C12H22O9. The number of aliphatic carboxylic acids is 3. The average molecular weight is 310 g/mol. The Kier molecular flexibility index (Phi) is 16.6. The number of carboxylic acid groups (broad SMARTS) is 3. The van der Waals surface area contributed by atoms with Crippen LogP contribution in [-0.2, 0) is 14.4 Å². The number of hydrogen-bond acceptors (Lipinski definition) is 6. The summed E-state index contributed by atoms with van der Waals surface area (Å²) in [6, 6.07) is 0. The van der Waals surface area contributed by atoms with Crippen LogP contribution in [0.2, 0.25) is 0 Å². The van der Waals surface area contributed by atoms with Crippen LogP contribution >= 0.6 is 0 Å². The SMILES string of the molecule is C=CC(=O)O.CC(CO)(CO)CO.O=C(O)CCC(=O)O. The molecule has 9 heteroatoms. The first kappa shape index (κ1) is 24.1. The first-order valence-corrected chi connectivity index (χ1v) is 5.70. The smallest absolute Gasteiger partial charge is 0.327 e. The first-order valence-electron chi connectivity index (χ1n) is 5.70. The fourth-order valence-corrected chi connectivity index (χ4v) is 0.364. The lowest BCUT2D eigenvalue weighted by Crippen LogP contribution is -2.29. The predicted molar refractivity (Wildman–Crippen MR) is 71.7 cm³/mol. The van der Waals surface area contributed by atoms with Gasteiger partial charge in [-0.3, -0.25) is 9.59 Å². The summed E-state index contributed by atoms with van der Waals surface area (Å²) in [6.07, 6.45) is 0.241. The molecule has 0 unspecified atom stereocenters. The Hall–Kier alpha value is -1.97. The minimum absolute atomic E-state index is 0.181. The summed E-state index contributed by atoms with van der Waals surface area (Å²) in [7, 11) is 0. The second-order valence-corrected chi connectivity index (χ2v) is 4.11. The molecule has 0 fully saturated rings. The molecule has 21 heavy (non-hydrogen) atoms. The highest BCUT2D eigenvalue weighted by Crippen LogP contribution is 2.10. The predicted octanol–water partition coefficient (Wildman–Crippen LogP) is -0.838. The minimum atomic E-state index is -1.08. The third-order valence-corrected chi connectivity index (χ3v) is 1.87. The summed E-state index contributed by atoms with van der Waals surface area (Å²) in [4.78, 5) is 28.5. The summed E-state index contributed by atoms with van der Waals surface area (Å²) in [6.45, 7) is 4.02. The fourth-order valence-electron chi connectivity index (χ4n) is 0.364. The number of carboxylic acids is 3. The van der Waals surface area contributed by atoms with E-state index in [4.69, 9.17) is 30.6 Å². The molecule has 0 heterocycles. The Morgan fingerprint density at radius 2 is 1.14 bits per heavy atom. The lowest BCUT2D eigenvalue weighted by molar-refractivity contribution is -0.143. The Bertz CT molecular complexity index is 298. The van der Waals surface area contributed by atoms with Crippen LogP contribution in [0, 0.1) is 5.41 Å². The number of aliphatic hydroxyl groups excluding tert-OH is 3. The van der Waals surface area contributed by atoms with Crippen molar-refractivity contribution in [1.82, 2.24) is 0 Å². The second kappa shape index (κ2) is 14.4. The molecule has 0 aliphatic rings. The maximum absolute atomic E-state index is 9.64. The van der Waals surface area contributed by atoms with Gasteiger partial charge in [-0.15, -0.1) is 0 Å². The Balaban J connectivity index is -0.000000239. The Labute approximate surface area is 121 Å². The first-order chi connectivity index (χ1) is 9.58. The molecule has 0 aliphatic heterocycles. The van der Waals surface area contributed by atoms with E-state index in [0.29, 0.717) is 0 Å². The standard InChI is InChI=1S/C5H12O3.C4H6O4.C3H4O2/c1-5(2-6,3-7)4-8;5-3(6)1-2-4(7)8;1-2-3(4)5/h6-8H,2-4H2,1H3;1-2H2,(H,5,6)(H,7,8);2H,1H2,(H,4,5). The van der Waals surface area contributed by atoms with Crippen molar-refractivity contribution in [3.8, 4) is 0 Å². The van der Waals surface area contributed by atoms with Crippen molar-refractivity contribution in [2.75, 3.05) is 19.8 Å². The van der Waals surface area contributed by atoms with Crippen LogP contribution in [0.5, 0.6) is 0 Å². The molecule has 0 radical (unpaired) electrons. The third kappa shape index (κ3) is 23.5. The van der Waals surface area contributed by atoms with Gasteiger partial charge in [-0.05, 0) is 0 Å². The molecule has 0 atom stereocenters. The highest BCUT2D eigenvalue weighted by molar-refractivity contribution is 5.78. The van der Waals surface area contributed by atoms with Crippen LogP contribution in [0.25, 0.3) is 0 Å². The molecule has 0 saturated carbocycles. The van der Waals surface area contributed by atoms with E-state index in [0.717, 1.165) is 6.08 Å². The van der Waals surface area contributed by atoms with Crippen LogP contribution in [0.4, 0.5) is 0 Å².